The molecule has 0 saturated carbocycles. The van der Waals surface area contributed by atoms with Gasteiger partial charge in [-0.25, -0.2) is 9.37 Å². The van der Waals surface area contributed by atoms with Crippen molar-refractivity contribution in [3.8, 4) is 11.4 Å². The van der Waals surface area contributed by atoms with Gasteiger partial charge in [0.1, 0.15) is 23.2 Å². The van der Waals surface area contributed by atoms with Gasteiger partial charge in [-0.05, 0) is 56.2 Å². The Morgan fingerprint density at radius 3 is 2.85 bits per heavy atom. The van der Waals surface area contributed by atoms with Crippen LogP contribution in [0.2, 0.25) is 0 Å². The number of hydrogen-bond acceptors (Lipinski definition) is 4. The van der Waals surface area contributed by atoms with E-state index in [4.69, 9.17) is 4.74 Å². The summed E-state index contributed by atoms with van der Waals surface area (Å²) in [5.41, 5.74) is 6.84. The molecule has 0 aliphatic carbocycles. The molecule has 33 heavy (non-hydrogen) atoms. The van der Waals surface area contributed by atoms with E-state index in [1.54, 1.807) is 13.0 Å². The summed E-state index contributed by atoms with van der Waals surface area (Å²) in [5, 5.41) is 3.49. The summed E-state index contributed by atoms with van der Waals surface area (Å²) in [6.45, 7) is 6.82. The van der Waals surface area contributed by atoms with Crippen molar-refractivity contribution in [2.75, 3.05) is 11.9 Å². The molecule has 5 rings (SSSR count). The number of fused-ring (bicyclic) bond motifs is 2. The van der Waals surface area contributed by atoms with Gasteiger partial charge in [0.2, 0.25) is 0 Å². The molecule has 0 amide bonds. The van der Waals surface area contributed by atoms with Crippen molar-refractivity contribution in [3.63, 3.8) is 0 Å². The zero-order chi connectivity index (χ0) is 23.1. The number of anilines is 1. The smallest absolute Gasteiger partial charge is 0.130 e. The Bertz CT molecular complexity index is 1380. The molecule has 168 valence electrons. The predicted molar refractivity (Wildman–Crippen MR) is 128 cm³/mol. The fraction of sp³-hybridized carbons (Fsp3) is 0.259. The Kier molecular flexibility index (Phi) is 5.36. The van der Waals surface area contributed by atoms with E-state index in [-0.39, 0.29) is 17.5 Å². The number of carbonyl (C=O) groups is 1. The molecule has 5 nitrogen and oxygen atoms in total. The van der Waals surface area contributed by atoms with E-state index in [0.29, 0.717) is 19.6 Å². The Hall–Kier alpha value is -3.67. The number of benzene rings is 3. The molecule has 1 N–H and O–H groups in total. The van der Waals surface area contributed by atoms with Crippen LogP contribution in [-0.2, 0) is 11.3 Å². The number of aromatic nitrogens is 2. The maximum absolute atomic E-state index is 13.9. The molecule has 0 radical (unpaired) electrons. The van der Waals surface area contributed by atoms with E-state index in [2.05, 4.69) is 29.4 Å². The highest BCUT2D eigenvalue weighted by molar-refractivity contribution is 5.79. The summed E-state index contributed by atoms with van der Waals surface area (Å²) in [4.78, 5) is 16.1. The monoisotopic (exact) mass is 443 g/mol. The van der Waals surface area contributed by atoms with Gasteiger partial charge >= 0.3 is 0 Å². The summed E-state index contributed by atoms with van der Waals surface area (Å²) in [5.74, 6) is 1.71. The average Bonchev–Trinajstić information content (AvgIpc) is 3.32. The number of Topliss-reactive ketones (excluding diaryl/α,β-unsaturated/α-hetero) is 1. The zero-order valence-electron chi connectivity index (χ0n) is 19.0. The van der Waals surface area contributed by atoms with Crippen LogP contribution in [0.15, 0.2) is 54.6 Å². The Balaban J connectivity index is 1.40. The lowest BCUT2D eigenvalue weighted by atomic mass is 9.96. The molecule has 0 bridgehead atoms. The van der Waals surface area contributed by atoms with Crippen molar-refractivity contribution >= 4 is 22.5 Å². The first-order chi connectivity index (χ1) is 15.9. The van der Waals surface area contributed by atoms with Crippen molar-refractivity contribution in [1.82, 2.24) is 9.55 Å². The molecule has 4 aromatic rings. The first-order valence-corrected chi connectivity index (χ1v) is 11.1. The molecule has 0 spiro atoms. The minimum Gasteiger partial charge on any atom is -0.493 e. The van der Waals surface area contributed by atoms with Crippen LogP contribution in [0, 0.1) is 19.7 Å². The number of ether oxygens (including phenoxy) is 1. The molecular formula is C27H26FN3O2. The number of ketones is 1. The molecule has 1 atom stereocenters. The molecule has 1 aliphatic rings. The van der Waals surface area contributed by atoms with Gasteiger partial charge in [-0.3, -0.25) is 4.57 Å². The maximum Gasteiger partial charge on any atom is 0.130 e. The van der Waals surface area contributed by atoms with Crippen LogP contribution in [0.5, 0.6) is 5.75 Å². The van der Waals surface area contributed by atoms with Crippen LogP contribution in [-0.4, -0.2) is 21.9 Å². The summed E-state index contributed by atoms with van der Waals surface area (Å²) >= 11 is 0. The van der Waals surface area contributed by atoms with Gasteiger partial charge in [0.05, 0.1) is 23.3 Å². The summed E-state index contributed by atoms with van der Waals surface area (Å²) < 4.78 is 21.8. The number of rotatable bonds is 6. The van der Waals surface area contributed by atoms with Crippen LogP contribution in [0.3, 0.4) is 0 Å². The SMILES string of the molecule is CC(=O)CC1COc2cc(NCc3cccc(-n4c(C)nc5ccc(F)cc54)c3C)ccc21. The van der Waals surface area contributed by atoms with Crippen molar-refractivity contribution in [2.45, 2.75) is 39.7 Å². The lowest BCUT2D eigenvalue weighted by Crippen LogP contribution is -2.06. The Morgan fingerprint density at radius 1 is 1.18 bits per heavy atom. The highest BCUT2D eigenvalue weighted by Crippen LogP contribution is 2.38. The van der Waals surface area contributed by atoms with E-state index < -0.39 is 0 Å². The van der Waals surface area contributed by atoms with Crippen LogP contribution in [0.25, 0.3) is 16.7 Å². The number of carbonyl (C=O) groups excluding carboxylic acids is 1. The number of halogens is 1. The molecule has 1 aliphatic heterocycles. The molecule has 0 fully saturated rings. The van der Waals surface area contributed by atoms with Crippen LogP contribution < -0.4 is 10.1 Å². The van der Waals surface area contributed by atoms with Gasteiger partial charge in [0.25, 0.3) is 0 Å². The second kappa shape index (κ2) is 8.35. The normalized spacial score (nSPS) is 14.8. The third-order valence-electron chi connectivity index (χ3n) is 6.35. The summed E-state index contributed by atoms with van der Waals surface area (Å²) in [6.07, 6.45) is 0.512. The summed E-state index contributed by atoms with van der Waals surface area (Å²) in [6, 6.07) is 16.9. The van der Waals surface area contributed by atoms with Crippen molar-refractivity contribution in [1.29, 1.82) is 0 Å². The quantitative estimate of drug-likeness (QED) is 0.406. The number of aryl methyl sites for hydroxylation is 1. The minimum absolute atomic E-state index is 0.142. The highest BCUT2D eigenvalue weighted by Gasteiger charge is 2.25. The topological polar surface area (TPSA) is 56.1 Å². The first-order valence-electron chi connectivity index (χ1n) is 11.1. The standard InChI is InChI=1S/C27H26FN3O2/c1-16(32)11-20-15-33-27-13-22(8-9-23(20)27)29-14-19-5-4-6-25(17(19)2)31-18(3)30-24-10-7-21(28)12-26(24)31/h4-10,12-13,20,29H,11,14-15H2,1-3H3. The lowest BCUT2D eigenvalue weighted by Gasteiger charge is -2.16. The third kappa shape index (κ3) is 3.97. The number of nitrogens with one attached hydrogen (secondary N) is 1. The van der Waals surface area contributed by atoms with E-state index in [0.717, 1.165) is 50.7 Å². The first kappa shape index (κ1) is 21.2. The van der Waals surface area contributed by atoms with Gasteiger partial charge in [0.15, 0.2) is 0 Å². The Labute approximate surface area is 192 Å². The molecule has 6 heteroatoms. The Morgan fingerprint density at radius 2 is 2.03 bits per heavy atom. The van der Waals surface area contributed by atoms with Gasteiger partial charge in [0, 0.05) is 42.3 Å². The van der Waals surface area contributed by atoms with Gasteiger partial charge < -0.3 is 14.8 Å². The molecular weight excluding hydrogens is 417 g/mol. The molecule has 1 aromatic heterocycles. The molecule has 0 saturated heterocycles. The minimum atomic E-state index is -0.275. The van der Waals surface area contributed by atoms with Crippen LogP contribution >= 0.6 is 0 Å². The lowest BCUT2D eigenvalue weighted by molar-refractivity contribution is -0.117. The van der Waals surface area contributed by atoms with Crippen molar-refractivity contribution in [2.24, 2.45) is 0 Å². The van der Waals surface area contributed by atoms with E-state index in [1.165, 1.54) is 12.1 Å². The predicted octanol–water partition coefficient (Wildman–Crippen LogP) is 5.85. The summed E-state index contributed by atoms with van der Waals surface area (Å²) in [7, 11) is 0. The van der Waals surface area contributed by atoms with E-state index in [1.807, 2.05) is 35.8 Å². The van der Waals surface area contributed by atoms with Gasteiger partial charge in [-0.2, -0.15) is 0 Å². The maximum atomic E-state index is 13.9. The largest absolute Gasteiger partial charge is 0.493 e. The number of imidazole rings is 1. The average molecular weight is 444 g/mol. The van der Waals surface area contributed by atoms with E-state index in [9.17, 15) is 9.18 Å². The third-order valence-corrected chi connectivity index (χ3v) is 6.35. The number of nitrogens with zero attached hydrogens (tertiary/aromatic N) is 2. The second-order valence-corrected chi connectivity index (χ2v) is 8.71. The van der Waals surface area contributed by atoms with Crippen LogP contribution in [0.1, 0.15) is 41.8 Å². The molecule has 1 unspecified atom stereocenters. The molecule has 2 heterocycles. The van der Waals surface area contributed by atoms with Gasteiger partial charge in [-0.1, -0.05) is 18.2 Å². The van der Waals surface area contributed by atoms with Gasteiger partial charge in [-0.15, -0.1) is 0 Å². The van der Waals surface area contributed by atoms with Crippen LogP contribution in [0.4, 0.5) is 10.1 Å². The number of hydrogen-bond donors (Lipinski definition) is 1. The fourth-order valence-electron chi connectivity index (χ4n) is 4.68. The van der Waals surface area contributed by atoms with Crippen molar-refractivity contribution in [3.05, 3.63) is 82.9 Å². The fourth-order valence-corrected chi connectivity index (χ4v) is 4.68. The second-order valence-electron chi connectivity index (χ2n) is 8.71. The van der Waals surface area contributed by atoms with E-state index >= 15 is 0 Å². The molecule has 3 aromatic carbocycles. The zero-order valence-corrected chi connectivity index (χ0v) is 19.0. The highest BCUT2D eigenvalue weighted by atomic mass is 19.1. The van der Waals surface area contributed by atoms with Crippen molar-refractivity contribution < 1.29 is 13.9 Å².